The van der Waals surface area contributed by atoms with Crippen molar-refractivity contribution in [3.05, 3.63) is 29.3 Å². The molecule has 1 aliphatic rings. The molecule has 98 valence electrons. The molecule has 1 saturated heterocycles. The number of benzene rings is 1. The maximum Gasteiger partial charge on any atom is 0.237 e. The van der Waals surface area contributed by atoms with Crippen molar-refractivity contribution in [3.63, 3.8) is 0 Å². The summed E-state index contributed by atoms with van der Waals surface area (Å²) in [6.07, 6.45) is 1.96. The second-order valence-corrected chi connectivity index (χ2v) is 4.67. The van der Waals surface area contributed by atoms with Crippen molar-refractivity contribution < 1.29 is 9.53 Å². The minimum absolute atomic E-state index is 0.0545. The smallest absolute Gasteiger partial charge is 0.237 e. The Balaban J connectivity index is 1.93. The highest BCUT2D eigenvalue weighted by Crippen LogP contribution is 2.18. The van der Waals surface area contributed by atoms with Crippen molar-refractivity contribution in [1.82, 2.24) is 10.6 Å². The first-order valence-electron chi connectivity index (χ1n) is 6.35. The number of hydrogen-bond acceptors (Lipinski definition) is 3. The number of ether oxygens (including phenoxy) is 1. The predicted octanol–water partition coefficient (Wildman–Crippen LogP) is 1.37. The van der Waals surface area contributed by atoms with E-state index >= 15 is 0 Å². The predicted molar refractivity (Wildman–Crippen MR) is 70.6 cm³/mol. The number of methoxy groups -OCH3 is 1. The minimum Gasteiger partial charge on any atom is -0.496 e. The molecule has 0 bridgehead atoms. The number of piperidine rings is 1. The second-order valence-electron chi connectivity index (χ2n) is 4.67. The van der Waals surface area contributed by atoms with Gasteiger partial charge in [-0.3, -0.25) is 4.79 Å². The fourth-order valence-corrected chi connectivity index (χ4v) is 2.26. The molecule has 1 unspecified atom stereocenters. The number of amides is 1. The molecular weight excluding hydrogens is 228 g/mol. The van der Waals surface area contributed by atoms with Gasteiger partial charge >= 0.3 is 0 Å². The van der Waals surface area contributed by atoms with Crippen molar-refractivity contribution in [1.29, 1.82) is 0 Å². The van der Waals surface area contributed by atoms with E-state index in [1.165, 1.54) is 5.56 Å². The van der Waals surface area contributed by atoms with Crippen molar-refractivity contribution >= 4 is 5.91 Å². The quantitative estimate of drug-likeness (QED) is 0.846. The van der Waals surface area contributed by atoms with Gasteiger partial charge in [0.2, 0.25) is 5.91 Å². The zero-order valence-corrected chi connectivity index (χ0v) is 11.0. The monoisotopic (exact) mass is 248 g/mol. The third-order valence-electron chi connectivity index (χ3n) is 3.30. The van der Waals surface area contributed by atoms with Gasteiger partial charge in [-0.25, -0.2) is 0 Å². The van der Waals surface area contributed by atoms with Crippen LogP contribution in [-0.2, 0) is 11.3 Å². The molecule has 2 rings (SSSR count). The van der Waals surface area contributed by atoms with E-state index in [9.17, 15) is 4.79 Å². The number of rotatable bonds is 4. The second kappa shape index (κ2) is 5.87. The maximum absolute atomic E-state index is 11.6. The average molecular weight is 248 g/mol. The number of nitrogens with one attached hydrogen (secondary N) is 2. The first-order valence-corrected chi connectivity index (χ1v) is 6.35. The standard InChI is InChI=1S/C14H20N2O2/c1-10-8-11(5-6-13(10)18-2)9-16-12-4-3-7-15-14(12)17/h5-6,8,12,16H,3-4,7,9H2,1-2H3,(H,15,17). The molecule has 1 aromatic rings. The summed E-state index contributed by atoms with van der Waals surface area (Å²) in [7, 11) is 1.67. The van der Waals surface area contributed by atoms with Gasteiger partial charge in [-0.2, -0.15) is 0 Å². The van der Waals surface area contributed by atoms with Gasteiger partial charge in [0.15, 0.2) is 0 Å². The summed E-state index contributed by atoms with van der Waals surface area (Å²) >= 11 is 0. The van der Waals surface area contributed by atoms with Crippen LogP contribution in [0.3, 0.4) is 0 Å². The van der Waals surface area contributed by atoms with Crippen LogP contribution in [0, 0.1) is 6.92 Å². The highest BCUT2D eigenvalue weighted by molar-refractivity contribution is 5.82. The fourth-order valence-electron chi connectivity index (χ4n) is 2.26. The first kappa shape index (κ1) is 12.9. The summed E-state index contributed by atoms with van der Waals surface area (Å²) in [4.78, 5) is 11.6. The van der Waals surface area contributed by atoms with E-state index in [1.54, 1.807) is 7.11 Å². The highest BCUT2D eigenvalue weighted by atomic mass is 16.5. The summed E-state index contributed by atoms with van der Waals surface area (Å²) in [6, 6.07) is 6.03. The van der Waals surface area contributed by atoms with Crippen LogP contribution >= 0.6 is 0 Å². The molecule has 0 radical (unpaired) electrons. The van der Waals surface area contributed by atoms with E-state index in [0.717, 1.165) is 30.7 Å². The molecule has 4 heteroatoms. The molecule has 4 nitrogen and oxygen atoms in total. The normalized spacial score (nSPS) is 19.4. The lowest BCUT2D eigenvalue weighted by Gasteiger charge is -2.23. The fraction of sp³-hybridized carbons (Fsp3) is 0.500. The van der Waals surface area contributed by atoms with Crippen LogP contribution in [-0.4, -0.2) is 25.6 Å². The van der Waals surface area contributed by atoms with Crippen LogP contribution in [0.5, 0.6) is 5.75 Å². The van der Waals surface area contributed by atoms with E-state index in [2.05, 4.69) is 16.7 Å². The van der Waals surface area contributed by atoms with Gasteiger partial charge in [0.1, 0.15) is 5.75 Å². The molecule has 1 aromatic carbocycles. The zero-order valence-electron chi connectivity index (χ0n) is 11.0. The van der Waals surface area contributed by atoms with Gasteiger partial charge in [-0.05, 0) is 37.0 Å². The molecule has 18 heavy (non-hydrogen) atoms. The van der Waals surface area contributed by atoms with Crippen LogP contribution in [0.25, 0.3) is 0 Å². The Morgan fingerprint density at radius 2 is 2.33 bits per heavy atom. The van der Waals surface area contributed by atoms with E-state index in [1.807, 2.05) is 19.1 Å². The lowest BCUT2D eigenvalue weighted by atomic mass is 10.1. The van der Waals surface area contributed by atoms with Crippen LogP contribution in [0.1, 0.15) is 24.0 Å². The number of carbonyl (C=O) groups excluding carboxylic acids is 1. The Morgan fingerprint density at radius 1 is 1.50 bits per heavy atom. The maximum atomic E-state index is 11.6. The highest BCUT2D eigenvalue weighted by Gasteiger charge is 2.20. The van der Waals surface area contributed by atoms with Gasteiger partial charge in [0.05, 0.1) is 13.2 Å². The van der Waals surface area contributed by atoms with Gasteiger partial charge in [0.25, 0.3) is 0 Å². The number of aryl methyl sites for hydroxylation is 1. The molecule has 2 N–H and O–H groups in total. The van der Waals surface area contributed by atoms with Crippen LogP contribution in [0.2, 0.25) is 0 Å². The third-order valence-corrected chi connectivity index (χ3v) is 3.30. The zero-order chi connectivity index (χ0) is 13.0. The molecule has 1 fully saturated rings. The van der Waals surface area contributed by atoms with Crippen LogP contribution in [0.15, 0.2) is 18.2 Å². The van der Waals surface area contributed by atoms with E-state index in [0.29, 0.717) is 6.54 Å². The van der Waals surface area contributed by atoms with Crippen molar-refractivity contribution in [2.75, 3.05) is 13.7 Å². The summed E-state index contributed by atoms with van der Waals surface area (Å²) < 4.78 is 5.23. The van der Waals surface area contributed by atoms with E-state index in [-0.39, 0.29) is 11.9 Å². The molecule has 1 amide bonds. The van der Waals surface area contributed by atoms with Crippen molar-refractivity contribution in [2.45, 2.75) is 32.4 Å². The van der Waals surface area contributed by atoms with Crippen LogP contribution < -0.4 is 15.4 Å². The SMILES string of the molecule is COc1ccc(CNC2CCCNC2=O)cc1C. The summed E-state index contributed by atoms with van der Waals surface area (Å²) in [5.41, 5.74) is 2.29. The Kier molecular flexibility index (Phi) is 4.20. The Labute approximate surface area is 108 Å². The molecule has 0 saturated carbocycles. The summed E-state index contributed by atoms with van der Waals surface area (Å²) in [5, 5.41) is 6.18. The van der Waals surface area contributed by atoms with Gasteiger partial charge < -0.3 is 15.4 Å². The van der Waals surface area contributed by atoms with E-state index < -0.39 is 0 Å². The minimum atomic E-state index is -0.0545. The largest absolute Gasteiger partial charge is 0.496 e. The summed E-state index contributed by atoms with van der Waals surface area (Å²) in [5.74, 6) is 1.01. The van der Waals surface area contributed by atoms with Crippen molar-refractivity contribution in [3.8, 4) is 5.75 Å². The van der Waals surface area contributed by atoms with Crippen molar-refractivity contribution in [2.24, 2.45) is 0 Å². The third kappa shape index (κ3) is 3.01. The van der Waals surface area contributed by atoms with E-state index in [4.69, 9.17) is 4.74 Å². The molecule has 1 atom stereocenters. The molecule has 0 aliphatic carbocycles. The lowest BCUT2D eigenvalue weighted by Crippen LogP contribution is -2.47. The Morgan fingerprint density at radius 3 is 3.00 bits per heavy atom. The average Bonchev–Trinajstić information content (AvgIpc) is 2.38. The molecular formula is C14H20N2O2. The molecule has 1 aliphatic heterocycles. The molecule has 1 heterocycles. The summed E-state index contributed by atoms with van der Waals surface area (Å²) in [6.45, 7) is 3.54. The lowest BCUT2D eigenvalue weighted by molar-refractivity contribution is -0.124. The molecule has 0 aromatic heterocycles. The Bertz CT molecular complexity index is 432. The number of carbonyl (C=O) groups is 1. The first-order chi connectivity index (χ1) is 8.70. The molecule has 0 spiro atoms. The number of hydrogen-bond donors (Lipinski definition) is 2. The van der Waals surface area contributed by atoms with Gasteiger partial charge in [-0.15, -0.1) is 0 Å². The topological polar surface area (TPSA) is 50.4 Å². The van der Waals surface area contributed by atoms with Crippen LogP contribution in [0.4, 0.5) is 0 Å². The van der Waals surface area contributed by atoms with Gasteiger partial charge in [-0.1, -0.05) is 12.1 Å². The Hall–Kier alpha value is -1.55. The van der Waals surface area contributed by atoms with Gasteiger partial charge in [0, 0.05) is 13.1 Å².